The summed E-state index contributed by atoms with van der Waals surface area (Å²) >= 11 is 0. The van der Waals surface area contributed by atoms with Gasteiger partial charge in [0.05, 0.1) is 27.4 Å². The average molecular weight is 330 g/mol. The van der Waals surface area contributed by atoms with E-state index in [-0.39, 0.29) is 0 Å². The van der Waals surface area contributed by atoms with Crippen LogP contribution in [0.1, 0.15) is 5.56 Å². The van der Waals surface area contributed by atoms with E-state index in [2.05, 4.69) is 4.72 Å². The lowest BCUT2D eigenvalue weighted by Crippen LogP contribution is -2.47. The molecule has 0 spiro atoms. The largest absolute Gasteiger partial charge is 0.497 e. The molecule has 0 bridgehead atoms. The number of hydrogen-bond donors (Lipinski definition) is 1. The third-order valence-corrected chi connectivity index (χ3v) is 5.09. The lowest BCUT2D eigenvalue weighted by Gasteiger charge is -2.26. The molecular formula is C14H22N2O5S. The maximum atomic E-state index is 12.2. The molecule has 1 aliphatic heterocycles. The summed E-state index contributed by atoms with van der Waals surface area (Å²) in [5.41, 5.74) is 0.895. The average Bonchev–Trinajstić information content (AvgIpc) is 2.55. The fourth-order valence-corrected chi connectivity index (χ4v) is 3.44. The van der Waals surface area contributed by atoms with Crippen LogP contribution in [0.25, 0.3) is 0 Å². The van der Waals surface area contributed by atoms with Gasteiger partial charge in [0.1, 0.15) is 11.5 Å². The molecule has 0 unspecified atom stereocenters. The molecule has 0 atom stereocenters. The summed E-state index contributed by atoms with van der Waals surface area (Å²) in [6.07, 6.45) is 0.518. The topological polar surface area (TPSA) is 77.1 Å². The van der Waals surface area contributed by atoms with Crippen LogP contribution in [0.2, 0.25) is 0 Å². The quantitative estimate of drug-likeness (QED) is 0.784. The van der Waals surface area contributed by atoms with Crippen LogP contribution in [0.4, 0.5) is 0 Å². The first kappa shape index (κ1) is 17.0. The third-order valence-electron chi connectivity index (χ3n) is 3.48. The molecule has 1 aromatic rings. The summed E-state index contributed by atoms with van der Waals surface area (Å²) in [5, 5.41) is 0. The normalized spacial score (nSPS) is 16.5. The number of nitrogens with zero attached hydrogens (tertiary/aromatic N) is 1. The number of methoxy groups -OCH3 is 2. The van der Waals surface area contributed by atoms with Crippen LogP contribution in [0, 0.1) is 0 Å². The van der Waals surface area contributed by atoms with Crippen molar-refractivity contribution in [3.8, 4) is 11.5 Å². The van der Waals surface area contributed by atoms with Gasteiger partial charge in [-0.1, -0.05) is 0 Å². The van der Waals surface area contributed by atoms with Gasteiger partial charge in [-0.3, -0.25) is 0 Å². The zero-order chi connectivity index (χ0) is 16.0. The molecule has 1 heterocycles. The third kappa shape index (κ3) is 4.33. The lowest BCUT2D eigenvalue weighted by molar-refractivity contribution is 0.0725. The first-order valence-corrected chi connectivity index (χ1v) is 8.54. The van der Waals surface area contributed by atoms with Crippen LogP contribution >= 0.6 is 0 Å². The molecule has 124 valence electrons. The monoisotopic (exact) mass is 330 g/mol. The van der Waals surface area contributed by atoms with Gasteiger partial charge in [0.25, 0.3) is 10.2 Å². The Morgan fingerprint density at radius 2 is 1.95 bits per heavy atom. The Bertz CT molecular complexity index is 585. The molecule has 1 saturated heterocycles. The molecule has 1 fully saturated rings. The number of nitrogens with one attached hydrogen (secondary N) is 1. The van der Waals surface area contributed by atoms with Gasteiger partial charge in [0.2, 0.25) is 0 Å². The molecule has 0 aliphatic carbocycles. The Labute approximate surface area is 131 Å². The summed E-state index contributed by atoms with van der Waals surface area (Å²) < 4.78 is 44.0. The first-order chi connectivity index (χ1) is 10.6. The molecule has 0 saturated carbocycles. The second kappa shape index (κ2) is 7.77. The molecule has 7 nitrogen and oxygen atoms in total. The zero-order valence-corrected chi connectivity index (χ0v) is 13.7. The number of morpholine rings is 1. The lowest BCUT2D eigenvalue weighted by atomic mass is 10.1. The summed E-state index contributed by atoms with van der Waals surface area (Å²) in [5.74, 6) is 1.43. The van der Waals surface area contributed by atoms with Gasteiger partial charge in [0, 0.05) is 19.6 Å². The van der Waals surface area contributed by atoms with Crippen molar-refractivity contribution in [1.82, 2.24) is 9.03 Å². The van der Waals surface area contributed by atoms with Crippen molar-refractivity contribution in [2.75, 3.05) is 47.1 Å². The Morgan fingerprint density at radius 1 is 1.23 bits per heavy atom. The second-order valence-electron chi connectivity index (χ2n) is 4.84. The summed E-state index contributed by atoms with van der Waals surface area (Å²) in [7, 11) is -0.281. The highest BCUT2D eigenvalue weighted by Crippen LogP contribution is 2.24. The fourth-order valence-electron chi connectivity index (χ4n) is 2.27. The highest BCUT2D eigenvalue weighted by Gasteiger charge is 2.23. The minimum Gasteiger partial charge on any atom is -0.497 e. The van der Waals surface area contributed by atoms with E-state index in [0.717, 1.165) is 5.56 Å². The van der Waals surface area contributed by atoms with E-state index in [1.54, 1.807) is 20.3 Å². The van der Waals surface area contributed by atoms with E-state index in [0.29, 0.717) is 50.8 Å². The highest BCUT2D eigenvalue weighted by atomic mass is 32.2. The van der Waals surface area contributed by atoms with Crippen LogP contribution in [0.15, 0.2) is 18.2 Å². The predicted molar refractivity (Wildman–Crippen MR) is 82.6 cm³/mol. The van der Waals surface area contributed by atoms with Crippen LogP contribution in [0.5, 0.6) is 11.5 Å². The molecule has 1 aromatic carbocycles. The van der Waals surface area contributed by atoms with E-state index in [4.69, 9.17) is 14.2 Å². The molecule has 0 aromatic heterocycles. The molecule has 0 radical (unpaired) electrons. The van der Waals surface area contributed by atoms with Crippen LogP contribution in [-0.2, 0) is 21.4 Å². The van der Waals surface area contributed by atoms with E-state index in [1.807, 2.05) is 12.1 Å². The smallest absolute Gasteiger partial charge is 0.279 e. The standard InChI is InChI=1S/C14H22N2O5S/c1-19-13-3-4-14(20-2)12(11-13)5-6-15-22(17,18)16-7-9-21-10-8-16/h3-4,11,15H,5-10H2,1-2H3. The number of ether oxygens (including phenoxy) is 3. The van der Waals surface area contributed by atoms with Crippen molar-refractivity contribution in [3.05, 3.63) is 23.8 Å². The van der Waals surface area contributed by atoms with Gasteiger partial charge >= 0.3 is 0 Å². The van der Waals surface area contributed by atoms with Crippen LogP contribution < -0.4 is 14.2 Å². The second-order valence-corrected chi connectivity index (χ2v) is 6.59. The maximum Gasteiger partial charge on any atom is 0.279 e. The predicted octanol–water partition coefficient (Wildman–Crippen LogP) is 0.413. The number of benzene rings is 1. The number of hydrogen-bond acceptors (Lipinski definition) is 5. The van der Waals surface area contributed by atoms with Crippen molar-refractivity contribution in [2.24, 2.45) is 0 Å². The van der Waals surface area contributed by atoms with Crippen molar-refractivity contribution < 1.29 is 22.6 Å². The van der Waals surface area contributed by atoms with Gasteiger partial charge in [-0.25, -0.2) is 4.72 Å². The van der Waals surface area contributed by atoms with Gasteiger partial charge in [-0.2, -0.15) is 12.7 Å². The minimum absolute atomic E-state index is 0.295. The SMILES string of the molecule is COc1ccc(OC)c(CCNS(=O)(=O)N2CCOCC2)c1. The van der Waals surface area contributed by atoms with E-state index in [1.165, 1.54) is 4.31 Å². The van der Waals surface area contributed by atoms with Crippen molar-refractivity contribution in [2.45, 2.75) is 6.42 Å². The molecular weight excluding hydrogens is 308 g/mol. The number of rotatable bonds is 7. The van der Waals surface area contributed by atoms with Crippen LogP contribution in [-0.4, -0.2) is 59.8 Å². The fraction of sp³-hybridized carbons (Fsp3) is 0.571. The van der Waals surface area contributed by atoms with Crippen molar-refractivity contribution in [1.29, 1.82) is 0 Å². The minimum atomic E-state index is -3.46. The molecule has 0 amide bonds. The highest BCUT2D eigenvalue weighted by molar-refractivity contribution is 7.87. The van der Waals surface area contributed by atoms with Crippen molar-refractivity contribution in [3.63, 3.8) is 0 Å². The molecule has 1 N–H and O–H groups in total. The molecule has 22 heavy (non-hydrogen) atoms. The molecule has 2 rings (SSSR count). The maximum absolute atomic E-state index is 12.2. The Kier molecular flexibility index (Phi) is 6.01. The zero-order valence-electron chi connectivity index (χ0n) is 12.9. The van der Waals surface area contributed by atoms with Crippen LogP contribution in [0.3, 0.4) is 0 Å². The van der Waals surface area contributed by atoms with E-state index < -0.39 is 10.2 Å². The summed E-state index contributed by atoms with van der Waals surface area (Å²) in [6, 6.07) is 5.47. The van der Waals surface area contributed by atoms with Gasteiger partial charge in [-0.05, 0) is 30.2 Å². The molecule has 1 aliphatic rings. The Balaban J connectivity index is 1.95. The van der Waals surface area contributed by atoms with Gasteiger partial charge in [0.15, 0.2) is 0 Å². The van der Waals surface area contributed by atoms with E-state index >= 15 is 0 Å². The molecule has 8 heteroatoms. The van der Waals surface area contributed by atoms with Crippen molar-refractivity contribution >= 4 is 10.2 Å². The first-order valence-electron chi connectivity index (χ1n) is 7.10. The van der Waals surface area contributed by atoms with Gasteiger partial charge < -0.3 is 14.2 Å². The van der Waals surface area contributed by atoms with E-state index in [9.17, 15) is 8.42 Å². The summed E-state index contributed by atoms with van der Waals surface area (Å²) in [4.78, 5) is 0. The Morgan fingerprint density at radius 3 is 2.59 bits per heavy atom. The van der Waals surface area contributed by atoms with Gasteiger partial charge in [-0.15, -0.1) is 0 Å². The Hall–Kier alpha value is -1.35. The summed E-state index contributed by atoms with van der Waals surface area (Å²) in [6.45, 7) is 1.94.